The molecule has 0 radical (unpaired) electrons. The molecule has 0 aliphatic heterocycles. The van der Waals surface area contributed by atoms with E-state index in [4.69, 9.17) is 4.42 Å². The molecule has 0 saturated carbocycles. The number of furan rings is 1. The maximum Gasteiger partial charge on any atom is 0.315 e. The third-order valence-electron chi connectivity index (χ3n) is 7.29. The van der Waals surface area contributed by atoms with Gasteiger partial charge in [0.2, 0.25) is 10.0 Å². The van der Waals surface area contributed by atoms with Gasteiger partial charge in [-0.3, -0.25) is 9.10 Å². The fraction of sp³-hybridized carbons (Fsp3) is 0.129. The first-order valence-electron chi connectivity index (χ1n) is 13.1. The summed E-state index contributed by atoms with van der Waals surface area (Å²) in [6.45, 7) is 1.94. The number of carbonyl (C=O) groups is 1. The summed E-state index contributed by atoms with van der Waals surface area (Å²) in [4.78, 5) is 24.6. The molecular formula is C31H26FN5O5S. The lowest BCUT2D eigenvalue weighted by Gasteiger charge is -2.20. The molecule has 1 amide bonds. The van der Waals surface area contributed by atoms with Gasteiger partial charge < -0.3 is 19.8 Å². The molecular weight excluding hydrogens is 573 g/mol. The van der Waals surface area contributed by atoms with Crippen molar-refractivity contribution in [2.45, 2.75) is 6.92 Å². The zero-order chi connectivity index (χ0) is 30.6. The van der Waals surface area contributed by atoms with E-state index < -0.39 is 27.8 Å². The molecule has 0 bridgehead atoms. The van der Waals surface area contributed by atoms with Crippen LogP contribution in [-0.2, 0) is 10.0 Å². The third-order valence-corrected chi connectivity index (χ3v) is 8.48. The molecule has 0 spiro atoms. The van der Waals surface area contributed by atoms with Gasteiger partial charge in [0, 0.05) is 47.6 Å². The van der Waals surface area contributed by atoms with Crippen LogP contribution in [0.15, 0.2) is 71.1 Å². The van der Waals surface area contributed by atoms with Crippen molar-refractivity contribution in [3.63, 3.8) is 0 Å². The molecule has 10 nitrogen and oxygen atoms in total. The second kappa shape index (κ2) is 10.2. The molecule has 6 rings (SSSR count). The Bertz CT molecular complexity index is 2170. The number of nitrogens with zero attached hydrogens (tertiary/aromatic N) is 3. The van der Waals surface area contributed by atoms with Gasteiger partial charge in [-0.05, 0) is 37.3 Å². The van der Waals surface area contributed by atoms with Gasteiger partial charge >= 0.3 is 6.01 Å². The van der Waals surface area contributed by atoms with Crippen molar-refractivity contribution in [3.05, 3.63) is 83.7 Å². The Hall–Kier alpha value is -5.23. The molecule has 0 atom stereocenters. The van der Waals surface area contributed by atoms with Crippen molar-refractivity contribution in [2.75, 3.05) is 24.7 Å². The SMILES string of the molecule is CNC(=O)c1c(-c2ccc(C)cc2)oc2cc(N(C)S(C)(=O)=O)c(-c3cc(-c4cc5c(F)cccc5[nH]4)nc(O)n3)cc12. The summed E-state index contributed by atoms with van der Waals surface area (Å²) in [6.07, 6.45) is 1.05. The van der Waals surface area contributed by atoms with E-state index in [-0.39, 0.29) is 33.8 Å². The van der Waals surface area contributed by atoms with Crippen molar-refractivity contribution in [1.29, 1.82) is 0 Å². The molecule has 3 N–H and O–H groups in total. The molecule has 0 saturated heterocycles. The Morgan fingerprint density at radius 1 is 1.02 bits per heavy atom. The quantitative estimate of drug-likeness (QED) is 0.226. The number of aryl methyl sites for hydroxylation is 1. The van der Waals surface area contributed by atoms with Crippen LogP contribution >= 0.6 is 0 Å². The average molecular weight is 600 g/mol. The third kappa shape index (κ3) is 4.95. The number of aromatic nitrogens is 3. The maximum atomic E-state index is 14.4. The number of hydrogen-bond acceptors (Lipinski definition) is 7. The van der Waals surface area contributed by atoms with Gasteiger partial charge in [0.05, 0.1) is 34.6 Å². The Balaban J connectivity index is 1.63. The van der Waals surface area contributed by atoms with Gasteiger partial charge in [-0.2, -0.15) is 9.97 Å². The zero-order valence-electron chi connectivity index (χ0n) is 23.6. The van der Waals surface area contributed by atoms with E-state index in [0.717, 1.165) is 16.1 Å². The lowest BCUT2D eigenvalue weighted by atomic mass is 10.00. The Labute approximate surface area is 245 Å². The molecule has 3 aromatic carbocycles. The monoisotopic (exact) mass is 599 g/mol. The van der Waals surface area contributed by atoms with E-state index in [0.29, 0.717) is 33.3 Å². The summed E-state index contributed by atoms with van der Waals surface area (Å²) in [5, 5.41) is 14.0. The van der Waals surface area contributed by atoms with Gasteiger partial charge in [0.25, 0.3) is 5.91 Å². The van der Waals surface area contributed by atoms with Crippen LogP contribution in [0.4, 0.5) is 10.1 Å². The summed E-state index contributed by atoms with van der Waals surface area (Å²) in [6, 6.07) is 17.7. The minimum Gasteiger partial charge on any atom is -0.479 e. The lowest BCUT2D eigenvalue weighted by molar-refractivity contribution is 0.0964. The summed E-state index contributed by atoms with van der Waals surface area (Å²) < 4.78 is 47.1. The van der Waals surface area contributed by atoms with Gasteiger partial charge in [-0.25, -0.2) is 12.8 Å². The van der Waals surface area contributed by atoms with Crippen LogP contribution in [0.25, 0.3) is 55.8 Å². The normalized spacial score (nSPS) is 11.7. The molecule has 3 aromatic heterocycles. The molecule has 3 heterocycles. The molecule has 43 heavy (non-hydrogen) atoms. The molecule has 0 fully saturated rings. The number of carbonyl (C=O) groups excluding carboxylic acids is 1. The zero-order valence-corrected chi connectivity index (χ0v) is 24.4. The summed E-state index contributed by atoms with van der Waals surface area (Å²) in [5.41, 5.74) is 4.03. The fourth-order valence-electron chi connectivity index (χ4n) is 5.00. The lowest BCUT2D eigenvalue weighted by Crippen LogP contribution is -2.25. The Morgan fingerprint density at radius 2 is 1.74 bits per heavy atom. The highest BCUT2D eigenvalue weighted by Crippen LogP contribution is 2.41. The van der Waals surface area contributed by atoms with Gasteiger partial charge in [0.15, 0.2) is 0 Å². The van der Waals surface area contributed by atoms with E-state index in [9.17, 15) is 22.7 Å². The van der Waals surface area contributed by atoms with Crippen molar-refractivity contribution in [2.24, 2.45) is 0 Å². The number of anilines is 1. The van der Waals surface area contributed by atoms with E-state index in [1.807, 2.05) is 31.2 Å². The number of rotatable bonds is 6. The highest BCUT2D eigenvalue weighted by atomic mass is 32.2. The van der Waals surface area contributed by atoms with Crippen molar-refractivity contribution < 1.29 is 27.1 Å². The second-order valence-electron chi connectivity index (χ2n) is 10.2. The first-order valence-corrected chi connectivity index (χ1v) is 15.0. The number of hydrogen-bond donors (Lipinski definition) is 3. The first-order chi connectivity index (χ1) is 20.4. The maximum absolute atomic E-state index is 14.4. The van der Waals surface area contributed by atoms with Crippen LogP contribution in [0, 0.1) is 12.7 Å². The molecule has 0 aliphatic rings. The van der Waals surface area contributed by atoms with Crippen LogP contribution in [0.3, 0.4) is 0 Å². The Kier molecular flexibility index (Phi) is 6.65. The van der Waals surface area contributed by atoms with Crippen LogP contribution in [-0.4, -0.2) is 54.7 Å². The van der Waals surface area contributed by atoms with Crippen LogP contribution in [0.5, 0.6) is 6.01 Å². The molecule has 0 unspecified atom stereocenters. The molecule has 12 heteroatoms. The van der Waals surface area contributed by atoms with E-state index in [2.05, 4.69) is 20.3 Å². The minimum atomic E-state index is -3.77. The summed E-state index contributed by atoms with van der Waals surface area (Å²) >= 11 is 0. The minimum absolute atomic E-state index is 0.162. The number of nitrogens with one attached hydrogen (secondary N) is 2. The first kappa shape index (κ1) is 27.9. The predicted molar refractivity (Wildman–Crippen MR) is 163 cm³/mol. The topological polar surface area (TPSA) is 141 Å². The highest BCUT2D eigenvalue weighted by molar-refractivity contribution is 7.92. The number of sulfonamides is 1. The summed E-state index contributed by atoms with van der Waals surface area (Å²) in [5.74, 6) is -0.520. The number of H-pyrrole nitrogens is 1. The van der Waals surface area contributed by atoms with Gasteiger partial charge in [-0.15, -0.1) is 0 Å². The fourth-order valence-corrected chi connectivity index (χ4v) is 5.51. The van der Waals surface area contributed by atoms with Crippen molar-refractivity contribution in [3.8, 4) is 40.0 Å². The van der Waals surface area contributed by atoms with Gasteiger partial charge in [0.1, 0.15) is 17.2 Å². The van der Waals surface area contributed by atoms with Crippen molar-refractivity contribution >= 4 is 43.5 Å². The van der Waals surface area contributed by atoms with Crippen LogP contribution < -0.4 is 9.62 Å². The van der Waals surface area contributed by atoms with Gasteiger partial charge in [-0.1, -0.05) is 35.9 Å². The second-order valence-corrected chi connectivity index (χ2v) is 12.2. The predicted octanol–water partition coefficient (Wildman–Crippen LogP) is 5.61. The van der Waals surface area contributed by atoms with E-state index in [1.54, 1.807) is 30.3 Å². The molecule has 218 valence electrons. The molecule has 0 aliphatic carbocycles. The van der Waals surface area contributed by atoms with E-state index >= 15 is 0 Å². The number of halogens is 1. The standard InChI is InChI=1S/C31H26FN5O5S/c1-16-8-10-17(11-9-16)29-28(30(38)33-2)20-12-19(26(15-27(20)42-29)37(3)43(4,40)41)23-14-25(36-31(39)35-23)24-13-18-21(32)6-5-7-22(18)34-24/h5-15,34H,1-4H3,(H,33,38)(H,35,36,39). The highest BCUT2D eigenvalue weighted by Gasteiger charge is 2.27. The van der Waals surface area contributed by atoms with Crippen LogP contribution in [0.1, 0.15) is 15.9 Å². The average Bonchev–Trinajstić information content (AvgIpc) is 3.58. The van der Waals surface area contributed by atoms with Crippen LogP contribution in [0.2, 0.25) is 0 Å². The number of aromatic hydroxyl groups is 1. The number of fused-ring (bicyclic) bond motifs is 2. The number of amides is 1. The largest absolute Gasteiger partial charge is 0.479 e. The number of benzene rings is 3. The molecule has 6 aromatic rings. The smallest absolute Gasteiger partial charge is 0.315 e. The Morgan fingerprint density at radius 3 is 2.42 bits per heavy atom. The van der Waals surface area contributed by atoms with Crippen molar-refractivity contribution in [1.82, 2.24) is 20.3 Å². The van der Waals surface area contributed by atoms with E-state index in [1.165, 1.54) is 26.2 Å². The summed E-state index contributed by atoms with van der Waals surface area (Å²) in [7, 11) is -0.887. The number of aromatic amines is 1.